The molecule has 17 heavy (non-hydrogen) atoms. The molecule has 92 valence electrons. The normalized spacial score (nSPS) is 26.7. The van der Waals surface area contributed by atoms with Crippen LogP contribution in [0.4, 0.5) is 0 Å². The third kappa shape index (κ3) is 2.48. The maximum Gasteiger partial charge on any atom is 0.248 e. The molecule has 1 aliphatic carbocycles. The summed E-state index contributed by atoms with van der Waals surface area (Å²) in [5, 5.41) is 6.11. The highest BCUT2D eigenvalue weighted by Gasteiger charge is 2.66. The maximum absolute atomic E-state index is 11.9. The van der Waals surface area contributed by atoms with E-state index in [1.54, 1.807) is 11.3 Å². The molecular weight excluding hydrogens is 368 g/mol. The standard InChI is InChI=1S/C11H12Br2N2OS/c1-7(8-4-3-5-17-8)14-15-9(16)10(2)6-11(10,12)13/h3-5H,6H2,1-2H3,(H,15,16)/t10-/m1/s1. The van der Waals surface area contributed by atoms with Gasteiger partial charge in [0.1, 0.15) is 0 Å². The van der Waals surface area contributed by atoms with Crippen molar-refractivity contribution in [3.8, 4) is 0 Å². The lowest BCUT2D eigenvalue weighted by molar-refractivity contribution is -0.125. The molecule has 1 fully saturated rings. The van der Waals surface area contributed by atoms with Crippen molar-refractivity contribution in [2.24, 2.45) is 10.5 Å². The highest BCUT2D eigenvalue weighted by atomic mass is 79.9. The van der Waals surface area contributed by atoms with Crippen LogP contribution in [0.1, 0.15) is 25.1 Å². The Labute approximate surface area is 121 Å². The number of carbonyl (C=O) groups is 1. The van der Waals surface area contributed by atoms with Gasteiger partial charge in [-0.2, -0.15) is 5.10 Å². The first-order valence-electron chi connectivity index (χ1n) is 5.13. The van der Waals surface area contributed by atoms with Crippen molar-refractivity contribution in [3.63, 3.8) is 0 Å². The Morgan fingerprint density at radius 2 is 2.24 bits per heavy atom. The molecule has 0 unspecified atom stereocenters. The van der Waals surface area contributed by atoms with Gasteiger partial charge in [-0.25, -0.2) is 5.43 Å². The second-order valence-corrected chi connectivity index (χ2v) is 9.05. The number of rotatable bonds is 3. The highest BCUT2D eigenvalue weighted by Crippen LogP contribution is 2.66. The molecule has 1 amide bonds. The Morgan fingerprint density at radius 1 is 1.59 bits per heavy atom. The van der Waals surface area contributed by atoms with E-state index in [1.165, 1.54) is 0 Å². The molecule has 2 rings (SSSR count). The highest BCUT2D eigenvalue weighted by molar-refractivity contribution is 9.25. The van der Waals surface area contributed by atoms with E-state index >= 15 is 0 Å². The molecule has 1 N–H and O–H groups in total. The molecule has 0 bridgehead atoms. The second-order valence-electron chi connectivity index (χ2n) is 4.33. The smallest absolute Gasteiger partial charge is 0.248 e. The van der Waals surface area contributed by atoms with Gasteiger partial charge < -0.3 is 0 Å². The molecule has 0 aromatic carbocycles. The number of hydrogen-bond donors (Lipinski definition) is 1. The van der Waals surface area contributed by atoms with Gasteiger partial charge in [-0.05, 0) is 31.7 Å². The van der Waals surface area contributed by atoms with Crippen LogP contribution in [0.5, 0.6) is 0 Å². The number of nitrogens with one attached hydrogen (secondary N) is 1. The molecule has 3 nitrogen and oxygen atoms in total. The van der Waals surface area contributed by atoms with Crippen LogP contribution in [0.2, 0.25) is 0 Å². The number of thiophene rings is 1. The average Bonchev–Trinajstić information content (AvgIpc) is 2.73. The van der Waals surface area contributed by atoms with Crippen LogP contribution in [0.3, 0.4) is 0 Å². The van der Waals surface area contributed by atoms with Gasteiger partial charge in [0.2, 0.25) is 5.91 Å². The number of amides is 1. The quantitative estimate of drug-likeness (QED) is 0.487. The van der Waals surface area contributed by atoms with Crippen LogP contribution in [0, 0.1) is 5.41 Å². The topological polar surface area (TPSA) is 41.5 Å². The molecule has 1 atom stereocenters. The van der Waals surface area contributed by atoms with E-state index in [2.05, 4.69) is 42.4 Å². The third-order valence-electron chi connectivity index (χ3n) is 2.96. The van der Waals surface area contributed by atoms with Crippen molar-refractivity contribution in [1.29, 1.82) is 0 Å². The van der Waals surface area contributed by atoms with Gasteiger partial charge in [-0.3, -0.25) is 4.79 Å². The van der Waals surface area contributed by atoms with E-state index < -0.39 is 5.41 Å². The number of alkyl halides is 2. The third-order valence-corrected chi connectivity index (χ3v) is 6.25. The molecule has 0 radical (unpaired) electrons. The van der Waals surface area contributed by atoms with E-state index in [0.717, 1.165) is 17.0 Å². The molecule has 1 aliphatic rings. The predicted octanol–water partition coefficient (Wildman–Crippen LogP) is 3.48. The van der Waals surface area contributed by atoms with E-state index in [-0.39, 0.29) is 9.14 Å². The lowest BCUT2D eigenvalue weighted by atomic mass is 10.1. The van der Waals surface area contributed by atoms with Crippen LogP contribution in [-0.2, 0) is 4.79 Å². The van der Waals surface area contributed by atoms with Gasteiger partial charge in [-0.1, -0.05) is 37.9 Å². The Bertz CT molecular complexity index is 470. The Hall–Kier alpha value is -0.200. The summed E-state index contributed by atoms with van der Waals surface area (Å²) in [6.45, 7) is 3.79. The largest absolute Gasteiger partial charge is 0.272 e. The molecule has 0 saturated heterocycles. The Kier molecular flexibility index (Phi) is 3.49. The number of nitrogens with zero attached hydrogens (tertiary/aromatic N) is 1. The summed E-state index contributed by atoms with van der Waals surface area (Å²) >= 11 is 8.53. The molecule has 6 heteroatoms. The predicted molar refractivity (Wildman–Crippen MR) is 78.0 cm³/mol. The fourth-order valence-electron chi connectivity index (χ4n) is 1.44. The number of carbonyl (C=O) groups excluding carboxylic acids is 1. The number of hydrazone groups is 1. The van der Waals surface area contributed by atoms with Gasteiger partial charge in [-0.15, -0.1) is 11.3 Å². The van der Waals surface area contributed by atoms with Gasteiger partial charge in [0.05, 0.1) is 14.4 Å². The lowest BCUT2D eigenvalue weighted by Gasteiger charge is -2.10. The van der Waals surface area contributed by atoms with Gasteiger partial charge >= 0.3 is 0 Å². The lowest BCUT2D eigenvalue weighted by Crippen LogP contribution is -2.30. The maximum atomic E-state index is 11.9. The minimum atomic E-state index is -0.424. The summed E-state index contributed by atoms with van der Waals surface area (Å²) in [5.74, 6) is -0.0674. The summed E-state index contributed by atoms with van der Waals surface area (Å²) in [6.07, 6.45) is 0.763. The van der Waals surface area contributed by atoms with E-state index in [4.69, 9.17) is 0 Å². The van der Waals surface area contributed by atoms with Crippen LogP contribution in [-0.4, -0.2) is 14.9 Å². The first kappa shape index (κ1) is 13.2. The van der Waals surface area contributed by atoms with Crippen LogP contribution < -0.4 is 5.43 Å². The van der Waals surface area contributed by atoms with Crippen molar-refractivity contribution in [3.05, 3.63) is 22.4 Å². The van der Waals surface area contributed by atoms with E-state index in [1.807, 2.05) is 31.4 Å². The monoisotopic (exact) mass is 378 g/mol. The Morgan fingerprint density at radius 3 is 2.71 bits per heavy atom. The minimum Gasteiger partial charge on any atom is -0.272 e. The molecule has 1 aromatic rings. The number of hydrogen-bond acceptors (Lipinski definition) is 3. The zero-order valence-electron chi connectivity index (χ0n) is 9.46. The number of halogens is 2. The summed E-state index contributed by atoms with van der Waals surface area (Å²) < 4.78 is -0.274. The summed E-state index contributed by atoms with van der Waals surface area (Å²) in [7, 11) is 0. The minimum absolute atomic E-state index is 0.0674. The molecule has 0 aliphatic heterocycles. The van der Waals surface area contributed by atoms with Crippen LogP contribution >= 0.6 is 43.2 Å². The van der Waals surface area contributed by atoms with Crippen molar-refractivity contribution in [1.82, 2.24) is 5.43 Å². The molecule has 0 spiro atoms. The van der Waals surface area contributed by atoms with E-state index in [0.29, 0.717) is 0 Å². The van der Waals surface area contributed by atoms with Crippen molar-refractivity contribution < 1.29 is 4.79 Å². The zero-order valence-corrected chi connectivity index (χ0v) is 13.4. The van der Waals surface area contributed by atoms with E-state index in [9.17, 15) is 4.79 Å². The molecular formula is C11H12Br2N2OS. The van der Waals surface area contributed by atoms with Crippen LogP contribution in [0.15, 0.2) is 22.6 Å². The SMILES string of the molecule is CC(=NNC(=O)[C@@]1(C)CC1(Br)Br)c1cccs1. The first-order chi connectivity index (χ1) is 7.87. The summed E-state index contributed by atoms with van der Waals surface area (Å²) in [6, 6.07) is 3.94. The zero-order chi connectivity index (χ0) is 12.7. The molecule has 1 saturated carbocycles. The first-order valence-corrected chi connectivity index (χ1v) is 7.60. The van der Waals surface area contributed by atoms with Crippen molar-refractivity contribution in [2.45, 2.75) is 23.5 Å². The summed E-state index contributed by atoms with van der Waals surface area (Å²) in [4.78, 5) is 13.0. The van der Waals surface area contributed by atoms with Gasteiger partial charge in [0.25, 0.3) is 0 Å². The van der Waals surface area contributed by atoms with Gasteiger partial charge in [0, 0.05) is 4.88 Å². The fourth-order valence-corrected chi connectivity index (χ4v) is 3.60. The molecule has 1 heterocycles. The van der Waals surface area contributed by atoms with Gasteiger partial charge in [0.15, 0.2) is 0 Å². The average molecular weight is 380 g/mol. The molecule has 1 aromatic heterocycles. The summed E-state index contributed by atoms with van der Waals surface area (Å²) in [5.41, 5.74) is 3.03. The van der Waals surface area contributed by atoms with Crippen molar-refractivity contribution in [2.75, 3.05) is 0 Å². The van der Waals surface area contributed by atoms with Crippen LogP contribution in [0.25, 0.3) is 0 Å². The Balaban J connectivity index is 2.00. The second kappa shape index (κ2) is 4.48. The fraction of sp³-hybridized carbons (Fsp3) is 0.455. The van der Waals surface area contributed by atoms with Crippen molar-refractivity contribution >= 4 is 54.8 Å².